The Morgan fingerprint density at radius 3 is 2.27 bits per heavy atom. The number of non-ortho nitro benzene ring substituents is 1. The fourth-order valence-electron chi connectivity index (χ4n) is 2.49. The molecular formula is C13H16N2O6S. The number of piperidine rings is 1. The Labute approximate surface area is 127 Å². The van der Waals surface area contributed by atoms with Crippen LogP contribution in [0.1, 0.15) is 19.3 Å². The van der Waals surface area contributed by atoms with Crippen molar-refractivity contribution in [2.45, 2.75) is 24.2 Å². The van der Waals surface area contributed by atoms with Crippen molar-refractivity contribution in [2.24, 2.45) is 5.92 Å². The maximum Gasteiger partial charge on any atom is 0.303 e. The molecule has 22 heavy (non-hydrogen) atoms. The summed E-state index contributed by atoms with van der Waals surface area (Å²) in [6.07, 6.45) is 1.04. The van der Waals surface area contributed by atoms with E-state index < -0.39 is 20.9 Å². The van der Waals surface area contributed by atoms with E-state index in [1.54, 1.807) is 0 Å². The quantitative estimate of drug-likeness (QED) is 0.646. The highest BCUT2D eigenvalue weighted by atomic mass is 32.2. The van der Waals surface area contributed by atoms with Crippen LogP contribution in [0.25, 0.3) is 0 Å². The minimum absolute atomic E-state index is 0.00906. The van der Waals surface area contributed by atoms with Gasteiger partial charge in [-0.25, -0.2) is 8.42 Å². The number of nitro benzene ring substituents is 1. The molecule has 1 N–H and O–H groups in total. The van der Waals surface area contributed by atoms with Gasteiger partial charge in [-0.3, -0.25) is 14.9 Å². The third-order valence-corrected chi connectivity index (χ3v) is 5.63. The zero-order valence-electron chi connectivity index (χ0n) is 11.7. The summed E-state index contributed by atoms with van der Waals surface area (Å²) >= 11 is 0. The Kier molecular flexibility index (Phi) is 4.77. The molecule has 1 heterocycles. The summed E-state index contributed by atoms with van der Waals surface area (Å²) in [5.41, 5.74) is -0.167. The number of carbonyl (C=O) groups is 1. The highest BCUT2D eigenvalue weighted by Crippen LogP contribution is 2.26. The van der Waals surface area contributed by atoms with Gasteiger partial charge in [-0.15, -0.1) is 0 Å². The van der Waals surface area contributed by atoms with Crippen LogP contribution >= 0.6 is 0 Å². The molecule has 1 aromatic rings. The Balaban J connectivity index is 2.08. The van der Waals surface area contributed by atoms with Gasteiger partial charge < -0.3 is 5.11 Å². The van der Waals surface area contributed by atoms with Gasteiger partial charge in [0.25, 0.3) is 5.69 Å². The van der Waals surface area contributed by atoms with Crippen molar-refractivity contribution in [3.05, 3.63) is 34.4 Å². The smallest absolute Gasteiger partial charge is 0.303 e. The van der Waals surface area contributed by atoms with Crippen LogP contribution in [0, 0.1) is 16.0 Å². The number of aliphatic carboxylic acids is 1. The van der Waals surface area contributed by atoms with Gasteiger partial charge >= 0.3 is 5.97 Å². The van der Waals surface area contributed by atoms with E-state index in [-0.39, 0.29) is 36.0 Å². The second-order valence-electron chi connectivity index (χ2n) is 5.20. The lowest BCUT2D eigenvalue weighted by Crippen LogP contribution is -2.38. The molecule has 1 aromatic carbocycles. The van der Waals surface area contributed by atoms with Crippen LogP contribution in [0.2, 0.25) is 0 Å². The van der Waals surface area contributed by atoms with Crippen molar-refractivity contribution < 1.29 is 23.2 Å². The number of carboxylic acid groups (broad SMARTS) is 1. The molecule has 9 heteroatoms. The standard InChI is InChI=1S/C13H16N2O6S/c16-13(17)9-10-5-7-14(8-6-10)22(20,21)12-3-1-11(2-4-12)15(18)19/h1-4,10H,5-9H2,(H,16,17). The Morgan fingerprint density at radius 1 is 1.27 bits per heavy atom. The number of hydrogen-bond donors (Lipinski definition) is 1. The Morgan fingerprint density at radius 2 is 1.82 bits per heavy atom. The normalized spacial score (nSPS) is 17.3. The molecule has 0 amide bonds. The highest BCUT2D eigenvalue weighted by molar-refractivity contribution is 7.89. The molecule has 0 atom stereocenters. The van der Waals surface area contributed by atoms with E-state index in [2.05, 4.69) is 0 Å². The molecule has 0 aromatic heterocycles. The lowest BCUT2D eigenvalue weighted by atomic mass is 9.95. The van der Waals surface area contributed by atoms with Crippen molar-refractivity contribution in [2.75, 3.05) is 13.1 Å². The third kappa shape index (κ3) is 3.60. The molecule has 0 saturated carbocycles. The summed E-state index contributed by atoms with van der Waals surface area (Å²) in [6, 6.07) is 4.75. The average Bonchev–Trinajstić information content (AvgIpc) is 2.47. The molecule has 0 radical (unpaired) electrons. The van der Waals surface area contributed by atoms with Crippen molar-refractivity contribution >= 4 is 21.7 Å². The predicted octanol–water partition coefficient (Wildman–Crippen LogP) is 1.47. The summed E-state index contributed by atoms with van der Waals surface area (Å²) in [7, 11) is -3.69. The van der Waals surface area contributed by atoms with Crippen LogP contribution in [-0.2, 0) is 14.8 Å². The highest BCUT2D eigenvalue weighted by Gasteiger charge is 2.30. The number of nitrogens with zero attached hydrogens (tertiary/aromatic N) is 2. The van der Waals surface area contributed by atoms with Crippen molar-refractivity contribution in [1.82, 2.24) is 4.31 Å². The SMILES string of the molecule is O=C(O)CC1CCN(S(=O)(=O)c2ccc([N+](=O)[O-])cc2)CC1. The average molecular weight is 328 g/mol. The number of hydrogen-bond acceptors (Lipinski definition) is 5. The first-order valence-corrected chi connectivity index (χ1v) is 8.21. The van der Waals surface area contributed by atoms with Gasteiger partial charge in [0.2, 0.25) is 10.0 Å². The van der Waals surface area contributed by atoms with Crippen LogP contribution in [-0.4, -0.2) is 41.8 Å². The Hall–Kier alpha value is -2.00. The van der Waals surface area contributed by atoms with Gasteiger partial charge in [-0.2, -0.15) is 4.31 Å². The molecule has 0 bridgehead atoms. The molecular weight excluding hydrogens is 312 g/mol. The monoisotopic (exact) mass is 328 g/mol. The molecule has 0 spiro atoms. The third-order valence-electron chi connectivity index (χ3n) is 3.72. The van der Waals surface area contributed by atoms with Gasteiger partial charge in [0.15, 0.2) is 0 Å². The second kappa shape index (κ2) is 6.41. The zero-order chi connectivity index (χ0) is 16.3. The van der Waals surface area contributed by atoms with E-state index in [9.17, 15) is 23.3 Å². The van der Waals surface area contributed by atoms with Crippen molar-refractivity contribution in [3.63, 3.8) is 0 Å². The van der Waals surface area contributed by atoms with Crippen LogP contribution in [0.4, 0.5) is 5.69 Å². The molecule has 8 nitrogen and oxygen atoms in total. The summed E-state index contributed by atoms with van der Waals surface area (Å²) in [5, 5.41) is 19.3. The van der Waals surface area contributed by atoms with Crippen LogP contribution in [0.3, 0.4) is 0 Å². The van der Waals surface area contributed by atoms with Gasteiger partial charge in [0.1, 0.15) is 0 Å². The topological polar surface area (TPSA) is 118 Å². The molecule has 1 aliphatic heterocycles. The first-order chi connectivity index (χ1) is 10.3. The zero-order valence-corrected chi connectivity index (χ0v) is 12.5. The van der Waals surface area contributed by atoms with Crippen LogP contribution < -0.4 is 0 Å². The molecule has 1 aliphatic rings. The fourth-order valence-corrected chi connectivity index (χ4v) is 3.96. The van der Waals surface area contributed by atoms with E-state index in [4.69, 9.17) is 5.11 Å². The van der Waals surface area contributed by atoms with Gasteiger partial charge in [0.05, 0.1) is 9.82 Å². The van der Waals surface area contributed by atoms with E-state index in [1.165, 1.54) is 16.4 Å². The molecule has 1 saturated heterocycles. The van der Waals surface area contributed by atoms with Gasteiger partial charge in [-0.05, 0) is 30.9 Å². The summed E-state index contributed by atoms with van der Waals surface area (Å²) in [6.45, 7) is 0.522. The van der Waals surface area contributed by atoms with Gasteiger partial charge in [-0.1, -0.05) is 0 Å². The van der Waals surface area contributed by atoms with E-state index in [0.29, 0.717) is 12.8 Å². The summed E-state index contributed by atoms with van der Waals surface area (Å²) in [4.78, 5) is 20.7. The largest absolute Gasteiger partial charge is 0.481 e. The predicted molar refractivity (Wildman–Crippen MR) is 76.8 cm³/mol. The molecule has 120 valence electrons. The lowest BCUT2D eigenvalue weighted by molar-refractivity contribution is -0.384. The maximum atomic E-state index is 12.4. The minimum atomic E-state index is -3.69. The second-order valence-corrected chi connectivity index (χ2v) is 7.13. The molecule has 2 rings (SSSR count). The number of rotatable bonds is 5. The molecule has 1 fully saturated rings. The van der Waals surface area contributed by atoms with Gasteiger partial charge in [0, 0.05) is 31.6 Å². The summed E-state index contributed by atoms with van der Waals surface area (Å²) in [5.74, 6) is -0.891. The molecule has 0 unspecified atom stereocenters. The van der Waals surface area contributed by atoms with E-state index in [1.807, 2.05) is 0 Å². The van der Waals surface area contributed by atoms with Crippen LogP contribution in [0.5, 0.6) is 0 Å². The first-order valence-electron chi connectivity index (χ1n) is 6.77. The number of nitro groups is 1. The van der Waals surface area contributed by atoms with E-state index >= 15 is 0 Å². The number of carboxylic acids is 1. The van der Waals surface area contributed by atoms with Crippen molar-refractivity contribution in [1.29, 1.82) is 0 Å². The minimum Gasteiger partial charge on any atom is -0.481 e. The maximum absolute atomic E-state index is 12.4. The fraction of sp³-hybridized carbons (Fsp3) is 0.462. The van der Waals surface area contributed by atoms with Crippen LogP contribution in [0.15, 0.2) is 29.2 Å². The number of sulfonamides is 1. The molecule has 0 aliphatic carbocycles. The lowest BCUT2D eigenvalue weighted by Gasteiger charge is -2.30. The first kappa shape index (κ1) is 16.4. The van der Waals surface area contributed by atoms with Crippen molar-refractivity contribution in [3.8, 4) is 0 Å². The Bertz CT molecular complexity index is 662. The van der Waals surface area contributed by atoms with E-state index in [0.717, 1.165) is 12.1 Å². The number of benzene rings is 1. The summed E-state index contributed by atoms with van der Waals surface area (Å²) < 4.78 is 26.2.